The molecule has 0 aliphatic carbocycles. The van der Waals surface area contributed by atoms with Crippen LogP contribution in [0.5, 0.6) is 0 Å². The maximum Gasteiger partial charge on any atom is 0.472 e. The number of carbonyl (C=O) groups is 2. The minimum Gasteiger partial charge on any atom is -0.462 e. The molecule has 0 aliphatic heterocycles. The Morgan fingerprint density at radius 2 is 0.679 bits per heavy atom. The van der Waals surface area contributed by atoms with E-state index in [9.17, 15) is 19.0 Å². The van der Waals surface area contributed by atoms with Gasteiger partial charge in [-0.05, 0) is 89.9 Å². The lowest BCUT2D eigenvalue weighted by molar-refractivity contribution is -0.161. The third kappa shape index (κ3) is 66.2. The highest BCUT2D eigenvalue weighted by Gasteiger charge is 2.26. The molecule has 470 valence electrons. The van der Waals surface area contributed by atoms with Gasteiger partial charge in [0.2, 0.25) is 0 Å². The number of allylic oxidation sites excluding steroid dienone is 14. The molecule has 0 saturated carbocycles. The van der Waals surface area contributed by atoms with E-state index in [2.05, 4.69) is 98.9 Å². The van der Waals surface area contributed by atoms with Gasteiger partial charge >= 0.3 is 19.8 Å². The van der Waals surface area contributed by atoms with Gasteiger partial charge in [-0.3, -0.25) is 18.6 Å². The molecule has 2 atom stereocenters. The van der Waals surface area contributed by atoms with Crippen molar-refractivity contribution in [3.8, 4) is 0 Å². The third-order valence-electron chi connectivity index (χ3n) is 14.8. The van der Waals surface area contributed by atoms with Crippen LogP contribution >= 0.6 is 7.82 Å². The van der Waals surface area contributed by atoms with Crippen molar-refractivity contribution in [2.45, 2.75) is 328 Å². The van der Waals surface area contributed by atoms with E-state index < -0.39 is 26.5 Å². The molecule has 0 fully saturated rings. The van der Waals surface area contributed by atoms with Crippen molar-refractivity contribution in [1.29, 1.82) is 0 Å². The molecule has 0 bridgehead atoms. The summed E-state index contributed by atoms with van der Waals surface area (Å²) in [5, 5.41) is 0. The van der Waals surface area contributed by atoms with Crippen molar-refractivity contribution in [3.05, 3.63) is 85.1 Å². The summed E-state index contributed by atoms with van der Waals surface area (Å²) in [7, 11) is -4.39. The van der Waals surface area contributed by atoms with Crippen molar-refractivity contribution in [2.75, 3.05) is 26.4 Å². The summed E-state index contributed by atoms with van der Waals surface area (Å²) in [6.07, 6.45) is 88.1. The molecule has 0 heterocycles. The second-order valence-electron chi connectivity index (χ2n) is 22.7. The summed E-state index contributed by atoms with van der Waals surface area (Å²) < 4.78 is 33.2. The van der Waals surface area contributed by atoms with Crippen LogP contribution in [0.15, 0.2) is 85.1 Å². The highest BCUT2D eigenvalue weighted by molar-refractivity contribution is 7.47. The van der Waals surface area contributed by atoms with Crippen molar-refractivity contribution in [3.63, 3.8) is 0 Å². The van der Waals surface area contributed by atoms with Crippen LogP contribution in [0, 0.1) is 0 Å². The molecule has 0 aromatic carbocycles. The Bertz CT molecular complexity index is 1600. The number of esters is 2. The predicted octanol–water partition coefficient (Wildman–Crippen LogP) is 22.2. The van der Waals surface area contributed by atoms with Gasteiger partial charge in [0.15, 0.2) is 6.10 Å². The maximum atomic E-state index is 12.8. The number of phosphoric ester groups is 1. The topological polar surface area (TPSA) is 134 Å². The van der Waals surface area contributed by atoms with Crippen molar-refractivity contribution >= 4 is 19.8 Å². The van der Waals surface area contributed by atoms with Gasteiger partial charge in [0.25, 0.3) is 0 Å². The number of rotatable bonds is 64. The number of unbranched alkanes of at least 4 members (excludes halogenated alkanes) is 37. The van der Waals surface area contributed by atoms with Crippen LogP contribution in [0.1, 0.15) is 322 Å². The summed E-state index contributed by atoms with van der Waals surface area (Å²) in [6.45, 7) is 3.66. The lowest BCUT2D eigenvalue weighted by Gasteiger charge is -2.19. The Morgan fingerprint density at radius 1 is 0.383 bits per heavy atom. The van der Waals surface area contributed by atoms with Crippen LogP contribution in [-0.4, -0.2) is 49.3 Å². The van der Waals surface area contributed by atoms with Gasteiger partial charge in [0, 0.05) is 19.4 Å². The van der Waals surface area contributed by atoms with E-state index >= 15 is 0 Å². The average molecular weight is 1150 g/mol. The number of phosphoric acid groups is 1. The fraction of sp³-hybridized carbons (Fsp3) is 0.775. The average Bonchev–Trinajstić information content (AvgIpc) is 3.46. The molecule has 0 aromatic heterocycles. The van der Waals surface area contributed by atoms with Gasteiger partial charge in [0.05, 0.1) is 13.2 Å². The standard InChI is InChI=1S/C71H128NO8P/c1-3-5-7-9-11-13-15-17-19-21-23-25-27-29-31-32-33-34-35-36-38-40-42-44-46-48-50-52-54-56-58-60-62-64-71(74)80-69(68-79-81(75,76)78-66-65-72)67-77-70(73)63-61-59-57-55-53-51-49-47-45-43-41-39-37-30-28-26-24-22-20-18-16-14-12-10-8-6-4-2/h5,7,11,13,16-19,22-25,29,31,69H,3-4,6,8-10,12,14-15,20-21,26-28,30,32-68,72H2,1-2H3,(H,75,76)/b7-5-,13-11-,18-16-,19-17-,24-22-,25-23-,31-29-. The first-order chi connectivity index (χ1) is 39.8. The molecule has 0 radical (unpaired) electrons. The number of nitrogens with two attached hydrogens (primary N) is 1. The van der Waals surface area contributed by atoms with E-state index in [1.54, 1.807) is 0 Å². The summed E-state index contributed by atoms with van der Waals surface area (Å²) in [6, 6.07) is 0. The number of hydrogen-bond acceptors (Lipinski definition) is 8. The molecular formula is C71H128NO8P. The smallest absolute Gasteiger partial charge is 0.462 e. The van der Waals surface area contributed by atoms with Crippen LogP contribution in [0.2, 0.25) is 0 Å². The Balaban J connectivity index is 3.87. The van der Waals surface area contributed by atoms with Crippen molar-refractivity contribution in [2.24, 2.45) is 5.73 Å². The lowest BCUT2D eigenvalue weighted by atomic mass is 10.0. The first-order valence-corrected chi connectivity index (χ1v) is 35.6. The molecule has 0 aromatic rings. The van der Waals surface area contributed by atoms with Crippen molar-refractivity contribution < 1.29 is 37.6 Å². The first kappa shape index (κ1) is 78.2. The largest absolute Gasteiger partial charge is 0.472 e. The van der Waals surface area contributed by atoms with Crippen LogP contribution < -0.4 is 5.73 Å². The van der Waals surface area contributed by atoms with Crippen LogP contribution in [0.25, 0.3) is 0 Å². The second-order valence-corrected chi connectivity index (χ2v) is 24.1. The SMILES string of the molecule is CC/C=C\C/C=C\C/C=C\C/C=C\C/C=C\CCCCCCCCCCCCCCCCCCCC(=O)OC(COC(=O)CCCCCCCCCCCCCCCCC/C=C\C/C=C\CCCCCCC)COP(=O)(O)OCCN. The number of ether oxygens (including phenoxy) is 2. The monoisotopic (exact) mass is 1150 g/mol. The molecule has 0 rings (SSSR count). The first-order valence-electron chi connectivity index (χ1n) is 34.1. The molecule has 81 heavy (non-hydrogen) atoms. The normalized spacial score (nSPS) is 13.5. The van der Waals surface area contributed by atoms with Gasteiger partial charge in [-0.15, -0.1) is 0 Å². The summed E-state index contributed by atoms with van der Waals surface area (Å²) in [5.74, 6) is -0.816. The van der Waals surface area contributed by atoms with Gasteiger partial charge in [-0.2, -0.15) is 0 Å². The molecule has 2 unspecified atom stereocenters. The minimum atomic E-state index is -4.39. The fourth-order valence-corrected chi connectivity index (χ4v) is 10.5. The zero-order valence-corrected chi connectivity index (χ0v) is 53.7. The Labute approximate surface area is 500 Å². The van der Waals surface area contributed by atoms with E-state index in [4.69, 9.17) is 24.3 Å². The Kier molecular flexibility index (Phi) is 64.0. The van der Waals surface area contributed by atoms with Crippen LogP contribution in [0.3, 0.4) is 0 Å². The Morgan fingerprint density at radius 3 is 1.01 bits per heavy atom. The predicted molar refractivity (Wildman–Crippen MR) is 349 cm³/mol. The van der Waals surface area contributed by atoms with Gasteiger partial charge in [-0.25, -0.2) is 4.57 Å². The zero-order chi connectivity index (χ0) is 58.7. The summed E-state index contributed by atoms with van der Waals surface area (Å²) >= 11 is 0. The molecule has 0 amide bonds. The van der Waals surface area contributed by atoms with Gasteiger partial charge < -0.3 is 20.1 Å². The van der Waals surface area contributed by atoms with E-state index in [1.165, 1.54) is 212 Å². The van der Waals surface area contributed by atoms with Crippen LogP contribution in [-0.2, 0) is 32.7 Å². The molecule has 0 aliphatic rings. The molecule has 0 spiro atoms. The van der Waals surface area contributed by atoms with Crippen LogP contribution in [0.4, 0.5) is 0 Å². The quantitative estimate of drug-likeness (QED) is 0.0264. The zero-order valence-electron chi connectivity index (χ0n) is 52.8. The molecule has 9 nitrogen and oxygen atoms in total. The summed E-state index contributed by atoms with van der Waals surface area (Å²) in [4.78, 5) is 35.3. The number of hydrogen-bond donors (Lipinski definition) is 2. The molecule has 0 saturated heterocycles. The van der Waals surface area contributed by atoms with Gasteiger partial charge in [0.1, 0.15) is 6.61 Å². The van der Waals surface area contributed by atoms with E-state index in [1.807, 2.05) is 0 Å². The van der Waals surface area contributed by atoms with E-state index in [0.717, 1.165) is 77.0 Å². The third-order valence-corrected chi connectivity index (χ3v) is 15.7. The maximum absolute atomic E-state index is 12.8. The minimum absolute atomic E-state index is 0.0525. The lowest BCUT2D eigenvalue weighted by Crippen LogP contribution is -2.29. The number of carbonyl (C=O) groups excluding carboxylic acids is 2. The second kappa shape index (κ2) is 66.3. The highest BCUT2D eigenvalue weighted by Crippen LogP contribution is 2.43. The molecule has 10 heteroatoms. The highest BCUT2D eigenvalue weighted by atomic mass is 31.2. The van der Waals surface area contributed by atoms with E-state index in [-0.39, 0.29) is 38.6 Å². The van der Waals surface area contributed by atoms with Gasteiger partial charge in [-0.1, -0.05) is 304 Å². The molecular weight excluding hydrogens is 1030 g/mol. The fourth-order valence-electron chi connectivity index (χ4n) is 9.76. The van der Waals surface area contributed by atoms with E-state index in [0.29, 0.717) is 6.42 Å². The summed E-state index contributed by atoms with van der Waals surface area (Å²) in [5.41, 5.74) is 5.40. The molecule has 3 N–H and O–H groups in total. The Hall–Kier alpha value is -2.81. The van der Waals surface area contributed by atoms with Crippen molar-refractivity contribution in [1.82, 2.24) is 0 Å².